The molecule has 148 valence electrons. The molecule has 0 aliphatic carbocycles. The lowest BCUT2D eigenvalue weighted by Crippen LogP contribution is -2.34. The van der Waals surface area contributed by atoms with Crippen LogP contribution in [0.25, 0.3) is 0 Å². The van der Waals surface area contributed by atoms with Crippen molar-refractivity contribution < 1.29 is 19.1 Å². The summed E-state index contributed by atoms with van der Waals surface area (Å²) in [6.07, 6.45) is 0.195. The van der Waals surface area contributed by atoms with Crippen LogP contribution < -0.4 is 19.7 Å². The van der Waals surface area contributed by atoms with Crippen LogP contribution in [0, 0.1) is 12.8 Å². The maximum Gasteiger partial charge on any atom is 0.227 e. The highest BCUT2D eigenvalue weighted by atomic mass is 16.5. The van der Waals surface area contributed by atoms with E-state index in [0.717, 1.165) is 11.1 Å². The van der Waals surface area contributed by atoms with E-state index in [-0.39, 0.29) is 30.2 Å². The second kappa shape index (κ2) is 8.33. The van der Waals surface area contributed by atoms with Gasteiger partial charge in [0, 0.05) is 24.7 Å². The first-order valence-corrected chi connectivity index (χ1v) is 9.33. The van der Waals surface area contributed by atoms with Gasteiger partial charge >= 0.3 is 0 Å². The van der Waals surface area contributed by atoms with Gasteiger partial charge in [-0.3, -0.25) is 9.59 Å². The van der Waals surface area contributed by atoms with E-state index in [9.17, 15) is 9.59 Å². The molecule has 0 bridgehead atoms. The Morgan fingerprint density at radius 2 is 1.86 bits per heavy atom. The highest BCUT2D eigenvalue weighted by Gasteiger charge is 2.36. The molecule has 2 unspecified atom stereocenters. The topological polar surface area (TPSA) is 67.9 Å². The minimum Gasteiger partial charge on any atom is -0.493 e. The summed E-state index contributed by atoms with van der Waals surface area (Å²) in [4.78, 5) is 26.9. The number of ether oxygens (including phenoxy) is 2. The minimum atomic E-state index is -0.382. The van der Waals surface area contributed by atoms with E-state index in [2.05, 4.69) is 5.32 Å². The number of hydrogen-bond donors (Lipinski definition) is 1. The summed E-state index contributed by atoms with van der Waals surface area (Å²) < 4.78 is 10.6. The number of benzene rings is 2. The summed E-state index contributed by atoms with van der Waals surface area (Å²) in [6.45, 7) is 4.33. The van der Waals surface area contributed by atoms with E-state index in [0.29, 0.717) is 23.7 Å². The Bertz CT molecular complexity index is 881. The molecule has 28 heavy (non-hydrogen) atoms. The van der Waals surface area contributed by atoms with Crippen LogP contribution in [0.1, 0.15) is 30.5 Å². The first-order chi connectivity index (χ1) is 13.4. The summed E-state index contributed by atoms with van der Waals surface area (Å²) in [5.74, 6) is 0.586. The molecule has 0 radical (unpaired) electrons. The zero-order chi connectivity index (χ0) is 20.3. The van der Waals surface area contributed by atoms with Gasteiger partial charge in [-0.2, -0.15) is 0 Å². The molecule has 2 aromatic carbocycles. The number of anilines is 1. The molecule has 1 aliphatic heterocycles. The molecule has 1 fully saturated rings. The number of rotatable bonds is 6. The van der Waals surface area contributed by atoms with Crippen LogP contribution in [0.4, 0.5) is 5.69 Å². The molecule has 6 heteroatoms. The predicted octanol–water partition coefficient (Wildman–Crippen LogP) is 3.24. The SMILES string of the molecule is COc1ccc(N2CC(C(=O)NC(C)c3ccccc3C)CC2=O)cc1OC. The van der Waals surface area contributed by atoms with Crippen LogP contribution in [0.5, 0.6) is 11.5 Å². The fourth-order valence-electron chi connectivity index (χ4n) is 3.61. The molecule has 2 amide bonds. The molecule has 0 aromatic heterocycles. The Morgan fingerprint density at radius 3 is 2.54 bits per heavy atom. The van der Waals surface area contributed by atoms with Crippen molar-refractivity contribution >= 4 is 17.5 Å². The van der Waals surface area contributed by atoms with E-state index in [1.54, 1.807) is 37.3 Å². The lowest BCUT2D eigenvalue weighted by Gasteiger charge is -2.20. The van der Waals surface area contributed by atoms with Gasteiger partial charge in [-0.15, -0.1) is 0 Å². The molecule has 1 aliphatic rings. The third-order valence-electron chi connectivity index (χ3n) is 5.19. The molecule has 0 spiro atoms. The Kier molecular flexibility index (Phi) is 5.87. The van der Waals surface area contributed by atoms with Crippen molar-refractivity contribution in [1.29, 1.82) is 0 Å². The van der Waals surface area contributed by atoms with E-state index in [4.69, 9.17) is 9.47 Å². The Hall–Kier alpha value is -3.02. The number of amides is 2. The van der Waals surface area contributed by atoms with Gasteiger partial charge in [-0.25, -0.2) is 0 Å². The lowest BCUT2D eigenvalue weighted by molar-refractivity contribution is -0.126. The molecule has 2 atom stereocenters. The maximum atomic E-state index is 12.8. The fraction of sp³-hybridized carbons (Fsp3) is 0.364. The summed E-state index contributed by atoms with van der Waals surface area (Å²) in [5, 5.41) is 3.05. The van der Waals surface area contributed by atoms with Gasteiger partial charge in [0.15, 0.2) is 11.5 Å². The van der Waals surface area contributed by atoms with Gasteiger partial charge < -0.3 is 19.7 Å². The van der Waals surface area contributed by atoms with Gasteiger partial charge in [0.05, 0.1) is 26.2 Å². The summed E-state index contributed by atoms with van der Waals surface area (Å²) in [7, 11) is 3.12. The van der Waals surface area contributed by atoms with Crippen LogP contribution in [0.15, 0.2) is 42.5 Å². The average Bonchev–Trinajstić information content (AvgIpc) is 3.09. The second-order valence-electron chi connectivity index (χ2n) is 7.03. The molecular weight excluding hydrogens is 356 g/mol. The van der Waals surface area contributed by atoms with Crippen molar-refractivity contribution in [2.24, 2.45) is 5.92 Å². The number of aryl methyl sites for hydroxylation is 1. The summed E-state index contributed by atoms with van der Waals surface area (Å²) >= 11 is 0. The smallest absolute Gasteiger partial charge is 0.227 e. The zero-order valence-corrected chi connectivity index (χ0v) is 16.7. The first kappa shape index (κ1) is 19.7. The summed E-state index contributed by atoms with van der Waals surface area (Å²) in [6, 6.07) is 13.2. The van der Waals surface area contributed by atoms with Crippen LogP contribution >= 0.6 is 0 Å². The van der Waals surface area contributed by atoms with Crippen molar-refractivity contribution in [2.45, 2.75) is 26.3 Å². The Labute approximate surface area is 165 Å². The van der Waals surface area contributed by atoms with Crippen molar-refractivity contribution in [2.75, 3.05) is 25.7 Å². The van der Waals surface area contributed by atoms with Gasteiger partial charge in [0.2, 0.25) is 11.8 Å². The van der Waals surface area contributed by atoms with Crippen LogP contribution in [0.3, 0.4) is 0 Å². The highest BCUT2D eigenvalue weighted by Crippen LogP contribution is 2.34. The molecule has 0 saturated carbocycles. The third kappa shape index (κ3) is 3.96. The van der Waals surface area contributed by atoms with E-state index in [1.807, 2.05) is 38.1 Å². The number of nitrogens with one attached hydrogen (secondary N) is 1. The van der Waals surface area contributed by atoms with Crippen molar-refractivity contribution in [1.82, 2.24) is 5.32 Å². The zero-order valence-electron chi connectivity index (χ0n) is 16.7. The van der Waals surface area contributed by atoms with E-state index >= 15 is 0 Å². The minimum absolute atomic E-state index is 0.0732. The molecule has 3 rings (SSSR count). The average molecular weight is 382 g/mol. The molecule has 2 aromatic rings. The van der Waals surface area contributed by atoms with Gasteiger partial charge in [0.1, 0.15) is 0 Å². The number of hydrogen-bond acceptors (Lipinski definition) is 4. The highest BCUT2D eigenvalue weighted by molar-refractivity contribution is 6.00. The van der Waals surface area contributed by atoms with Crippen molar-refractivity contribution in [3.63, 3.8) is 0 Å². The van der Waals surface area contributed by atoms with Crippen molar-refractivity contribution in [3.05, 3.63) is 53.6 Å². The van der Waals surface area contributed by atoms with E-state index < -0.39 is 0 Å². The third-order valence-corrected chi connectivity index (χ3v) is 5.19. The molecular formula is C22H26N2O4. The second-order valence-corrected chi connectivity index (χ2v) is 7.03. The monoisotopic (exact) mass is 382 g/mol. The molecule has 1 heterocycles. The standard InChI is InChI=1S/C22H26N2O4/c1-14-7-5-6-8-18(14)15(2)23-22(26)16-11-21(25)24(13-16)17-9-10-19(27-3)20(12-17)28-4/h5-10,12,15-16H,11,13H2,1-4H3,(H,23,26). The largest absolute Gasteiger partial charge is 0.493 e. The fourth-order valence-corrected chi connectivity index (χ4v) is 3.61. The molecule has 6 nitrogen and oxygen atoms in total. The number of nitrogens with zero attached hydrogens (tertiary/aromatic N) is 1. The lowest BCUT2D eigenvalue weighted by atomic mass is 10.0. The first-order valence-electron chi connectivity index (χ1n) is 9.33. The van der Waals surface area contributed by atoms with Gasteiger partial charge in [-0.1, -0.05) is 24.3 Å². The molecule has 1 saturated heterocycles. The predicted molar refractivity (Wildman–Crippen MR) is 108 cm³/mol. The number of methoxy groups -OCH3 is 2. The molecule has 1 N–H and O–H groups in total. The van der Waals surface area contributed by atoms with Crippen LogP contribution in [0.2, 0.25) is 0 Å². The summed E-state index contributed by atoms with van der Waals surface area (Å²) in [5.41, 5.74) is 2.91. The van der Waals surface area contributed by atoms with Gasteiger partial charge in [0.25, 0.3) is 0 Å². The Morgan fingerprint density at radius 1 is 1.14 bits per heavy atom. The normalized spacial score (nSPS) is 17.4. The Balaban J connectivity index is 1.70. The maximum absolute atomic E-state index is 12.8. The van der Waals surface area contributed by atoms with Crippen LogP contribution in [-0.2, 0) is 9.59 Å². The quantitative estimate of drug-likeness (QED) is 0.833. The number of carbonyl (C=O) groups excluding carboxylic acids is 2. The van der Waals surface area contributed by atoms with Crippen LogP contribution in [-0.4, -0.2) is 32.6 Å². The van der Waals surface area contributed by atoms with Gasteiger partial charge in [-0.05, 0) is 37.1 Å². The number of carbonyl (C=O) groups is 2. The van der Waals surface area contributed by atoms with Crippen molar-refractivity contribution in [3.8, 4) is 11.5 Å². The van der Waals surface area contributed by atoms with E-state index in [1.165, 1.54) is 0 Å².